The molecule has 1 unspecified atom stereocenters. The molecule has 3 aliphatic rings. The van der Waals surface area contributed by atoms with Crippen molar-refractivity contribution >= 4 is 5.91 Å². The van der Waals surface area contributed by atoms with E-state index in [0.29, 0.717) is 36.9 Å². The van der Waals surface area contributed by atoms with Gasteiger partial charge >= 0.3 is 6.18 Å². The molecule has 176 valence electrons. The zero-order valence-electron chi connectivity index (χ0n) is 17.7. The predicted molar refractivity (Wildman–Crippen MR) is 109 cm³/mol. The summed E-state index contributed by atoms with van der Waals surface area (Å²) >= 11 is 0. The number of ether oxygens (including phenoxy) is 1. The summed E-state index contributed by atoms with van der Waals surface area (Å²) in [6.45, 7) is 0.636. The molecule has 33 heavy (non-hydrogen) atoms. The Bertz CT molecular complexity index is 1090. The number of benzene rings is 2. The first-order valence-corrected chi connectivity index (χ1v) is 11.0. The number of halogens is 5. The first-order chi connectivity index (χ1) is 15.7. The van der Waals surface area contributed by atoms with Crippen LogP contribution in [0.1, 0.15) is 41.5 Å². The van der Waals surface area contributed by atoms with E-state index >= 15 is 0 Å². The average molecular weight is 466 g/mol. The molecule has 0 bridgehead atoms. The second-order valence-corrected chi connectivity index (χ2v) is 8.96. The summed E-state index contributed by atoms with van der Waals surface area (Å²) in [5, 5.41) is 3.16. The van der Waals surface area contributed by atoms with Gasteiger partial charge in [0.15, 0.2) is 11.6 Å². The Balaban J connectivity index is 1.50. The third-order valence-electron chi connectivity index (χ3n) is 6.90. The Hall–Kier alpha value is -2.52. The molecular formula is C24H23F5N2O2. The van der Waals surface area contributed by atoms with Crippen molar-refractivity contribution in [2.75, 3.05) is 13.1 Å². The van der Waals surface area contributed by atoms with Crippen molar-refractivity contribution in [1.29, 1.82) is 0 Å². The van der Waals surface area contributed by atoms with Gasteiger partial charge in [-0.1, -0.05) is 18.2 Å². The lowest BCUT2D eigenvalue weighted by molar-refractivity contribution is -0.158. The highest BCUT2D eigenvalue weighted by Gasteiger charge is 2.53. The van der Waals surface area contributed by atoms with Crippen LogP contribution in [-0.4, -0.2) is 29.9 Å². The van der Waals surface area contributed by atoms with Crippen molar-refractivity contribution in [1.82, 2.24) is 10.2 Å². The molecule has 2 aromatic carbocycles. The van der Waals surface area contributed by atoms with Gasteiger partial charge in [-0.2, -0.15) is 13.2 Å². The third-order valence-corrected chi connectivity index (χ3v) is 6.90. The van der Waals surface area contributed by atoms with Gasteiger partial charge in [-0.3, -0.25) is 4.79 Å². The van der Waals surface area contributed by atoms with Gasteiger partial charge in [0.25, 0.3) is 0 Å². The molecule has 1 aliphatic carbocycles. The normalized spacial score (nSPS) is 24.7. The standard InChI is InChI=1S/C24H23F5N2O2/c25-20-9-15-13-33-23(18(15)10-21(20)26)7-8-30-11-19(23)22(32)31(16-5-6-16)12-14-3-1-2-4-17(14)24(27,28)29/h1-4,9-10,16,19,30H,5-8,11-13H2/t19-,23?/m1/s1. The Morgan fingerprint density at radius 2 is 1.88 bits per heavy atom. The van der Waals surface area contributed by atoms with E-state index in [9.17, 15) is 26.7 Å². The van der Waals surface area contributed by atoms with Crippen LogP contribution in [0.25, 0.3) is 0 Å². The molecule has 0 aromatic heterocycles. The van der Waals surface area contributed by atoms with Crippen LogP contribution in [0.3, 0.4) is 0 Å². The number of hydrogen-bond donors (Lipinski definition) is 1. The topological polar surface area (TPSA) is 41.6 Å². The van der Waals surface area contributed by atoms with Gasteiger partial charge in [0, 0.05) is 19.1 Å². The van der Waals surface area contributed by atoms with Crippen LogP contribution in [0.5, 0.6) is 0 Å². The lowest BCUT2D eigenvalue weighted by atomic mass is 9.75. The molecule has 5 rings (SSSR count). The monoisotopic (exact) mass is 466 g/mol. The summed E-state index contributed by atoms with van der Waals surface area (Å²) in [6, 6.07) is 7.31. The fourth-order valence-corrected chi connectivity index (χ4v) is 5.12. The molecule has 0 radical (unpaired) electrons. The Morgan fingerprint density at radius 1 is 1.15 bits per heavy atom. The van der Waals surface area contributed by atoms with Crippen LogP contribution in [0.2, 0.25) is 0 Å². The van der Waals surface area contributed by atoms with Gasteiger partial charge < -0.3 is 15.0 Å². The van der Waals surface area contributed by atoms with Gasteiger partial charge in [0.2, 0.25) is 5.91 Å². The molecule has 1 saturated carbocycles. The number of nitrogens with one attached hydrogen (secondary N) is 1. The maximum atomic E-state index is 14.1. The van der Waals surface area contributed by atoms with E-state index < -0.39 is 34.9 Å². The lowest BCUT2D eigenvalue weighted by Gasteiger charge is -2.43. The average Bonchev–Trinajstić information content (AvgIpc) is 3.57. The van der Waals surface area contributed by atoms with Crippen molar-refractivity contribution in [3.05, 3.63) is 70.3 Å². The molecule has 2 atom stereocenters. The molecule has 2 heterocycles. The zero-order valence-corrected chi connectivity index (χ0v) is 17.7. The fourth-order valence-electron chi connectivity index (χ4n) is 5.12. The van der Waals surface area contributed by atoms with Crippen molar-refractivity contribution in [3.8, 4) is 0 Å². The van der Waals surface area contributed by atoms with Crippen LogP contribution in [0.15, 0.2) is 36.4 Å². The number of amides is 1. The van der Waals surface area contributed by atoms with Gasteiger partial charge in [-0.05, 0) is 60.7 Å². The van der Waals surface area contributed by atoms with E-state index in [4.69, 9.17) is 4.74 Å². The minimum atomic E-state index is -4.53. The highest BCUT2D eigenvalue weighted by atomic mass is 19.4. The maximum Gasteiger partial charge on any atom is 0.416 e. The number of hydrogen-bond acceptors (Lipinski definition) is 3. The summed E-state index contributed by atoms with van der Waals surface area (Å²) in [4.78, 5) is 15.3. The quantitative estimate of drug-likeness (QED) is 0.675. The van der Waals surface area contributed by atoms with Gasteiger partial charge in [0.05, 0.1) is 18.1 Å². The lowest BCUT2D eigenvalue weighted by Crippen LogP contribution is -2.55. The zero-order chi connectivity index (χ0) is 23.4. The van der Waals surface area contributed by atoms with Gasteiger partial charge in [0.1, 0.15) is 5.60 Å². The van der Waals surface area contributed by atoms with E-state index in [-0.39, 0.29) is 37.2 Å². The molecule has 2 aromatic rings. The SMILES string of the molecule is O=C([C@H]1CNCCC12OCc1cc(F)c(F)cc12)N(Cc1ccccc1C(F)(F)F)C1CC1. The van der Waals surface area contributed by atoms with Gasteiger partial charge in [-0.15, -0.1) is 0 Å². The maximum absolute atomic E-state index is 14.1. The number of carbonyl (C=O) groups excluding carboxylic acids is 1. The van der Waals surface area contributed by atoms with E-state index in [1.165, 1.54) is 23.1 Å². The number of rotatable bonds is 4. The van der Waals surface area contributed by atoms with Crippen LogP contribution in [0.4, 0.5) is 22.0 Å². The molecule has 1 spiro atoms. The summed E-state index contributed by atoms with van der Waals surface area (Å²) in [5.74, 6) is -3.09. The number of piperidine rings is 1. The fraction of sp³-hybridized carbons (Fsp3) is 0.458. The number of carbonyl (C=O) groups is 1. The van der Waals surface area contributed by atoms with Crippen LogP contribution < -0.4 is 5.32 Å². The van der Waals surface area contributed by atoms with Crippen LogP contribution in [-0.2, 0) is 34.5 Å². The highest BCUT2D eigenvalue weighted by Crippen LogP contribution is 2.48. The second-order valence-electron chi connectivity index (χ2n) is 8.96. The summed E-state index contributed by atoms with van der Waals surface area (Å²) in [7, 11) is 0. The molecule has 2 aliphatic heterocycles. The molecule has 9 heteroatoms. The predicted octanol–water partition coefficient (Wildman–Crippen LogP) is 4.51. The van der Waals surface area contributed by atoms with Crippen molar-refractivity contribution in [2.45, 2.75) is 50.2 Å². The highest BCUT2D eigenvalue weighted by molar-refractivity contribution is 5.82. The number of alkyl halides is 3. The Morgan fingerprint density at radius 3 is 2.61 bits per heavy atom. The molecule has 4 nitrogen and oxygen atoms in total. The molecule has 2 fully saturated rings. The van der Waals surface area contributed by atoms with Crippen LogP contribution in [0, 0.1) is 17.6 Å². The summed E-state index contributed by atoms with van der Waals surface area (Å²) in [6.07, 6.45) is -2.73. The Labute approximate surface area is 187 Å². The van der Waals surface area contributed by atoms with Crippen molar-refractivity contribution < 1.29 is 31.5 Å². The third kappa shape index (κ3) is 3.91. The van der Waals surface area contributed by atoms with Crippen molar-refractivity contribution in [2.24, 2.45) is 5.92 Å². The molecule has 1 saturated heterocycles. The molecule has 1 N–H and O–H groups in total. The van der Waals surface area contributed by atoms with Crippen molar-refractivity contribution in [3.63, 3.8) is 0 Å². The number of nitrogens with zero attached hydrogens (tertiary/aromatic N) is 1. The van der Waals surface area contributed by atoms with E-state index in [2.05, 4.69) is 5.32 Å². The summed E-state index contributed by atoms with van der Waals surface area (Å²) in [5.41, 5.74) is -0.923. The van der Waals surface area contributed by atoms with E-state index in [1.807, 2.05) is 0 Å². The molecular weight excluding hydrogens is 443 g/mol. The second kappa shape index (κ2) is 8.06. The van der Waals surface area contributed by atoms with Crippen LogP contribution >= 0.6 is 0 Å². The first-order valence-electron chi connectivity index (χ1n) is 11.0. The number of fused-ring (bicyclic) bond motifs is 2. The summed E-state index contributed by atoms with van der Waals surface area (Å²) < 4.78 is 74.6. The smallest absolute Gasteiger partial charge is 0.365 e. The van der Waals surface area contributed by atoms with E-state index in [1.54, 1.807) is 0 Å². The first kappa shape index (κ1) is 22.3. The largest absolute Gasteiger partial charge is 0.416 e. The molecule has 1 amide bonds. The van der Waals surface area contributed by atoms with Gasteiger partial charge in [-0.25, -0.2) is 8.78 Å². The van der Waals surface area contributed by atoms with E-state index in [0.717, 1.165) is 18.2 Å². The minimum Gasteiger partial charge on any atom is -0.365 e. The minimum absolute atomic E-state index is 0.0314. The Kier molecular flexibility index (Phi) is 5.44.